The molecule has 88 valence electrons. The van der Waals surface area contributed by atoms with Crippen LogP contribution < -0.4 is 0 Å². The molecule has 1 aromatic rings. The molecule has 2 unspecified atom stereocenters. The monoisotopic (exact) mass is 219 g/mol. The third-order valence-electron chi connectivity index (χ3n) is 3.60. The molecule has 16 heavy (non-hydrogen) atoms. The minimum absolute atomic E-state index is 0.331. The Hall–Kier alpha value is -0.860. The minimum atomic E-state index is 0.331. The van der Waals surface area contributed by atoms with E-state index in [0.717, 1.165) is 13.1 Å². The van der Waals surface area contributed by atoms with Crippen molar-refractivity contribution in [1.82, 2.24) is 4.90 Å². The third kappa shape index (κ3) is 2.83. The van der Waals surface area contributed by atoms with Crippen LogP contribution in [0.5, 0.6) is 0 Å². The normalized spacial score (nSPS) is 26.9. The Morgan fingerprint density at radius 1 is 1.25 bits per heavy atom. The van der Waals surface area contributed by atoms with Gasteiger partial charge in [-0.2, -0.15) is 0 Å². The molecule has 2 nitrogen and oxygen atoms in total. The highest BCUT2D eigenvalue weighted by atomic mass is 16.3. The van der Waals surface area contributed by atoms with Gasteiger partial charge in [0.15, 0.2) is 0 Å². The first-order valence-electron chi connectivity index (χ1n) is 6.18. The molecular weight excluding hydrogens is 198 g/mol. The SMILES string of the molecule is CC1CCC(CO)CN1Cc1ccccc1. The van der Waals surface area contributed by atoms with Crippen molar-refractivity contribution in [3.8, 4) is 0 Å². The van der Waals surface area contributed by atoms with Crippen LogP contribution in [0.3, 0.4) is 0 Å². The molecule has 0 aliphatic carbocycles. The van der Waals surface area contributed by atoms with Crippen molar-refractivity contribution in [1.29, 1.82) is 0 Å². The Kier molecular flexibility index (Phi) is 3.97. The summed E-state index contributed by atoms with van der Waals surface area (Å²) in [5.74, 6) is 0.472. The van der Waals surface area contributed by atoms with Crippen LogP contribution >= 0.6 is 0 Å². The van der Waals surface area contributed by atoms with Gasteiger partial charge in [-0.15, -0.1) is 0 Å². The van der Waals surface area contributed by atoms with Gasteiger partial charge in [-0.1, -0.05) is 30.3 Å². The summed E-state index contributed by atoms with van der Waals surface area (Å²) in [6, 6.07) is 11.2. The van der Waals surface area contributed by atoms with Crippen molar-refractivity contribution < 1.29 is 5.11 Å². The maximum Gasteiger partial charge on any atom is 0.0471 e. The second kappa shape index (κ2) is 5.46. The molecule has 1 saturated heterocycles. The molecule has 1 heterocycles. The first-order chi connectivity index (χ1) is 7.79. The van der Waals surface area contributed by atoms with Gasteiger partial charge in [0.25, 0.3) is 0 Å². The van der Waals surface area contributed by atoms with Crippen molar-refractivity contribution in [3.63, 3.8) is 0 Å². The zero-order valence-electron chi connectivity index (χ0n) is 9.97. The largest absolute Gasteiger partial charge is 0.396 e. The number of hydrogen-bond donors (Lipinski definition) is 1. The quantitative estimate of drug-likeness (QED) is 0.843. The number of hydrogen-bond acceptors (Lipinski definition) is 2. The fraction of sp³-hybridized carbons (Fsp3) is 0.571. The van der Waals surface area contributed by atoms with Crippen LogP contribution in [0.15, 0.2) is 30.3 Å². The van der Waals surface area contributed by atoms with E-state index < -0.39 is 0 Å². The van der Waals surface area contributed by atoms with Gasteiger partial charge in [-0.25, -0.2) is 0 Å². The molecule has 0 radical (unpaired) electrons. The molecule has 0 saturated carbocycles. The van der Waals surface area contributed by atoms with Gasteiger partial charge in [0, 0.05) is 25.7 Å². The number of nitrogens with zero attached hydrogens (tertiary/aromatic N) is 1. The van der Waals surface area contributed by atoms with Crippen LogP contribution in [-0.2, 0) is 6.54 Å². The predicted octanol–water partition coefficient (Wildman–Crippen LogP) is 2.28. The molecule has 0 amide bonds. The molecule has 1 aliphatic heterocycles. The lowest BCUT2D eigenvalue weighted by molar-refractivity contribution is 0.0771. The molecular formula is C14H21NO. The Morgan fingerprint density at radius 2 is 2.00 bits per heavy atom. The van der Waals surface area contributed by atoms with Gasteiger partial charge in [0.05, 0.1) is 0 Å². The summed E-state index contributed by atoms with van der Waals surface area (Å²) in [5.41, 5.74) is 1.37. The van der Waals surface area contributed by atoms with Gasteiger partial charge in [-0.05, 0) is 31.2 Å². The van der Waals surface area contributed by atoms with Crippen molar-refractivity contribution in [3.05, 3.63) is 35.9 Å². The minimum Gasteiger partial charge on any atom is -0.396 e. The first-order valence-corrected chi connectivity index (χ1v) is 6.18. The number of likely N-dealkylation sites (tertiary alicyclic amines) is 1. The lowest BCUT2D eigenvalue weighted by Crippen LogP contribution is -2.42. The highest BCUT2D eigenvalue weighted by Crippen LogP contribution is 2.23. The zero-order chi connectivity index (χ0) is 11.4. The highest BCUT2D eigenvalue weighted by molar-refractivity contribution is 5.14. The average molecular weight is 219 g/mol. The standard InChI is InChI=1S/C14H21NO/c1-12-7-8-14(11-16)10-15(12)9-13-5-3-2-4-6-13/h2-6,12,14,16H,7-11H2,1H3. The van der Waals surface area contributed by atoms with E-state index in [1.165, 1.54) is 18.4 Å². The Bertz CT molecular complexity index is 312. The molecule has 2 heteroatoms. The summed E-state index contributed by atoms with van der Waals surface area (Å²) in [5, 5.41) is 9.23. The van der Waals surface area contributed by atoms with E-state index in [4.69, 9.17) is 0 Å². The second-order valence-corrected chi connectivity index (χ2v) is 4.89. The van der Waals surface area contributed by atoms with Crippen LogP contribution in [0.2, 0.25) is 0 Å². The second-order valence-electron chi connectivity index (χ2n) is 4.89. The highest BCUT2D eigenvalue weighted by Gasteiger charge is 2.24. The smallest absolute Gasteiger partial charge is 0.0471 e. The molecule has 0 bridgehead atoms. The Labute approximate surface area is 97.9 Å². The zero-order valence-corrected chi connectivity index (χ0v) is 9.97. The predicted molar refractivity (Wildman–Crippen MR) is 66.1 cm³/mol. The number of aliphatic hydroxyl groups is 1. The van der Waals surface area contributed by atoms with Gasteiger partial charge in [-0.3, -0.25) is 4.90 Å². The lowest BCUT2D eigenvalue weighted by atomic mass is 9.93. The van der Waals surface area contributed by atoms with E-state index in [-0.39, 0.29) is 0 Å². The molecule has 1 aromatic carbocycles. The summed E-state index contributed by atoms with van der Waals surface area (Å²) in [6.45, 7) is 4.67. The summed E-state index contributed by atoms with van der Waals surface area (Å²) < 4.78 is 0. The van der Waals surface area contributed by atoms with Crippen LogP contribution in [0.4, 0.5) is 0 Å². The number of benzene rings is 1. The maximum absolute atomic E-state index is 9.23. The summed E-state index contributed by atoms with van der Waals surface area (Å²) >= 11 is 0. The topological polar surface area (TPSA) is 23.5 Å². The number of piperidine rings is 1. The van der Waals surface area contributed by atoms with E-state index in [1.807, 2.05) is 0 Å². The first kappa shape index (κ1) is 11.6. The summed E-state index contributed by atoms with van der Waals surface area (Å²) in [4.78, 5) is 2.49. The van der Waals surface area contributed by atoms with Crippen LogP contribution in [0.1, 0.15) is 25.3 Å². The summed E-state index contributed by atoms with van der Waals surface area (Å²) in [6.07, 6.45) is 2.38. The van der Waals surface area contributed by atoms with Crippen molar-refractivity contribution >= 4 is 0 Å². The van der Waals surface area contributed by atoms with E-state index in [1.54, 1.807) is 0 Å². The maximum atomic E-state index is 9.23. The van der Waals surface area contributed by atoms with Gasteiger partial charge >= 0.3 is 0 Å². The molecule has 0 aromatic heterocycles. The Balaban J connectivity index is 1.97. The third-order valence-corrected chi connectivity index (χ3v) is 3.60. The Morgan fingerprint density at radius 3 is 2.69 bits per heavy atom. The fourth-order valence-electron chi connectivity index (χ4n) is 2.45. The molecule has 0 spiro atoms. The number of rotatable bonds is 3. The van der Waals surface area contributed by atoms with E-state index in [2.05, 4.69) is 42.2 Å². The van der Waals surface area contributed by atoms with Crippen molar-refractivity contribution in [2.24, 2.45) is 5.92 Å². The van der Waals surface area contributed by atoms with Crippen molar-refractivity contribution in [2.75, 3.05) is 13.2 Å². The molecule has 1 fully saturated rings. The van der Waals surface area contributed by atoms with Crippen LogP contribution in [0, 0.1) is 5.92 Å². The molecule has 1 aliphatic rings. The fourth-order valence-corrected chi connectivity index (χ4v) is 2.45. The van der Waals surface area contributed by atoms with Crippen molar-refractivity contribution in [2.45, 2.75) is 32.4 Å². The van der Waals surface area contributed by atoms with E-state index >= 15 is 0 Å². The van der Waals surface area contributed by atoms with E-state index in [9.17, 15) is 5.11 Å². The van der Waals surface area contributed by atoms with Crippen LogP contribution in [0.25, 0.3) is 0 Å². The van der Waals surface area contributed by atoms with Gasteiger partial charge in [0.1, 0.15) is 0 Å². The molecule has 2 atom stereocenters. The summed E-state index contributed by atoms with van der Waals surface area (Å²) in [7, 11) is 0. The van der Waals surface area contributed by atoms with E-state index in [0.29, 0.717) is 18.6 Å². The molecule has 2 rings (SSSR count). The number of aliphatic hydroxyl groups excluding tert-OH is 1. The van der Waals surface area contributed by atoms with Crippen LogP contribution in [-0.4, -0.2) is 29.2 Å². The molecule has 1 N–H and O–H groups in total. The lowest BCUT2D eigenvalue weighted by Gasteiger charge is -2.37. The van der Waals surface area contributed by atoms with Gasteiger partial charge < -0.3 is 5.11 Å². The average Bonchev–Trinajstić information content (AvgIpc) is 2.33. The van der Waals surface area contributed by atoms with Gasteiger partial charge in [0.2, 0.25) is 0 Å².